The van der Waals surface area contributed by atoms with Crippen LogP contribution in [0.25, 0.3) is 0 Å². The van der Waals surface area contributed by atoms with Gasteiger partial charge in [0.25, 0.3) is 0 Å². The molecule has 0 aliphatic heterocycles. The molecule has 0 unspecified atom stereocenters. The monoisotopic (exact) mass is 261 g/mol. The Morgan fingerprint density at radius 3 is 2.47 bits per heavy atom. The first kappa shape index (κ1) is 13.4. The van der Waals surface area contributed by atoms with Crippen LogP contribution in [-0.4, -0.2) is 19.3 Å². The summed E-state index contributed by atoms with van der Waals surface area (Å²) in [6.07, 6.45) is 0. The number of aliphatic hydroxyl groups is 1. The van der Waals surface area contributed by atoms with Crippen LogP contribution in [0, 0.1) is 5.82 Å². The first-order valence-corrected chi connectivity index (χ1v) is 5.94. The van der Waals surface area contributed by atoms with Crippen molar-refractivity contribution in [2.45, 2.75) is 6.61 Å². The van der Waals surface area contributed by atoms with Gasteiger partial charge in [0.05, 0.1) is 19.4 Å². The fourth-order valence-corrected chi connectivity index (χ4v) is 2.05. The van der Waals surface area contributed by atoms with Crippen molar-refractivity contribution < 1.29 is 14.2 Å². The molecule has 0 fully saturated rings. The van der Waals surface area contributed by atoms with Crippen LogP contribution >= 0.6 is 0 Å². The summed E-state index contributed by atoms with van der Waals surface area (Å²) in [6.45, 7) is -0.346. The standard InChI is InChI=1S/C15H16FNO2/c1-17(14-7-3-4-9-15(14)19-2)13-8-5-6-12(16)11(13)10-18/h3-9,18H,10H2,1-2H3. The van der Waals surface area contributed by atoms with Crippen molar-refractivity contribution in [1.82, 2.24) is 0 Å². The van der Waals surface area contributed by atoms with Crippen molar-refractivity contribution in [2.24, 2.45) is 0 Å². The second-order valence-electron chi connectivity index (χ2n) is 4.13. The van der Waals surface area contributed by atoms with Crippen molar-refractivity contribution in [1.29, 1.82) is 0 Å². The molecule has 0 aromatic heterocycles. The van der Waals surface area contributed by atoms with E-state index >= 15 is 0 Å². The van der Waals surface area contributed by atoms with E-state index in [1.165, 1.54) is 6.07 Å². The van der Waals surface area contributed by atoms with Crippen molar-refractivity contribution in [3.05, 3.63) is 53.8 Å². The van der Waals surface area contributed by atoms with Gasteiger partial charge >= 0.3 is 0 Å². The Kier molecular flexibility index (Phi) is 4.02. The number of para-hydroxylation sites is 2. The van der Waals surface area contributed by atoms with Crippen LogP contribution in [0.3, 0.4) is 0 Å². The number of anilines is 2. The van der Waals surface area contributed by atoms with Crippen LogP contribution in [0.5, 0.6) is 5.75 Å². The van der Waals surface area contributed by atoms with Crippen LogP contribution in [0.15, 0.2) is 42.5 Å². The summed E-state index contributed by atoms with van der Waals surface area (Å²) in [7, 11) is 3.40. The van der Waals surface area contributed by atoms with Gasteiger partial charge < -0.3 is 14.7 Å². The molecule has 2 aromatic rings. The van der Waals surface area contributed by atoms with Gasteiger partial charge in [-0.05, 0) is 24.3 Å². The maximum atomic E-state index is 13.7. The Morgan fingerprint density at radius 1 is 1.11 bits per heavy atom. The normalized spacial score (nSPS) is 10.3. The molecule has 0 aliphatic rings. The highest BCUT2D eigenvalue weighted by Crippen LogP contribution is 2.34. The van der Waals surface area contributed by atoms with Crippen LogP contribution in [0.2, 0.25) is 0 Å². The summed E-state index contributed by atoms with van der Waals surface area (Å²) >= 11 is 0. The van der Waals surface area contributed by atoms with Gasteiger partial charge in [0, 0.05) is 18.3 Å². The summed E-state index contributed by atoms with van der Waals surface area (Å²) in [6, 6.07) is 12.2. The number of hydrogen-bond donors (Lipinski definition) is 1. The Morgan fingerprint density at radius 2 is 1.79 bits per heavy atom. The molecule has 100 valence electrons. The van der Waals surface area contributed by atoms with E-state index in [-0.39, 0.29) is 12.2 Å². The van der Waals surface area contributed by atoms with Crippen molar-refractivity contribution in [3.8, 4) is 5.75 Å². The zero-order valence-electron chi connectivity index (χ0n) is 10.9. The average molecular weight is 261 g/mol. The third-order valence-electron chi connectivity index (χ3n) is 3.06. The maximum Gasteiger partial charge on any atom is 0.142 e. The van der Waals surface area contributed by atoms with E-state index < -0.39 is 5.82 Å². The number of hydrogen-bond acceptors (Lipinski definition) is 3. The largest absolute Gasteiger partial charge is 0.495 e. The minimum Gasteiger partial charge on any atom is -0.495 e. The van der Waals surface area contributed by atoms with Crippen LogP contribution in [0.1, 0.15) is 5.56 Å². The highest BCUT2D eigenvalue weighted by atomic mass is 19.1. The molecule has 19 heavy (non-hydrogen) atoms. The molecule has 2 rings (SSSR count). The highest BCUT2D eigenvalue weighted by Gasteiger charge is 2.15. The molecule has 2 aromatic carbocycles. The molecule has 4 heteroatoms. The topological polar surface area (TPSA) is 32.7 Å². The summed E-state index contributed by atoms with van der Waals surface area (Å²) < 4.78 is 19.0. The number of rotatable bonds is 4. The van der Waals surface area contributed by atoms with Gasteiger partial charge in [-0.2, -0.15) is 0 Å². The van der Waals surface area contributed by atoms with Crippen LogP contribution in [0.4, 0.5) is 15.8 Å². The van der Waals surface area contributed by atoms with E-state index in [0.29, 0.717) is 11.4 Å². The zero-order chi connectivity index (χ0) is 13.8. The van der Waals surface area contributed by atoms with Gasteiger partial charge in [-0.15, -0.1) is 0 Å². The summed E-state index contributed by atoms with van der Waals surface area (Å²) in [5, 5.41) is 9.32. The predicted molar refractivity (Wildman–Crippen MR) is 73.4 cm³/mol. The van der Waals surface area contributed by atoms with Gasteiger partial charge in [0.15, 0.2) is 0 Å². The van der Waals surface area contributed by atoms with Gasteiger partial charge in [0.2, 0.25) is 0 Å². The molecular weight excluding hydrogens is 245 g/mol. The fraction of sp³-hybridized carbons (Fsp3) is 0.200. The zero-order valence-corrected chi connectivity index (χ0v) is 10.9. The molecule has 0 aliphatic carbocycles. The van der Waals surface area contributed by atoms with Gasteiger partial charge in [-0.25, -0.2) is 4.39 Å². The van der Waals surface area contributed by atoms with E-state index in [1.54, 1.807) is 24.1 Å². The number of aliphatic hydroxyl groups excluding tert-OH is 1. The number of benzene rings is 2. The Balaban J connectivity index is 2.50. The molecular formula is C15H16FNO2. The Bertz CT molecular complexity index is 572. The lowest BCUT2D eigenvalue weighted by atomic mass is 10.1. The van der Waals surface area contributed by atoms with E-state index in [4.69, 9.17) is 4.74 Å². The van der Waals surface area contributed by atoms with Crippen molar-refractivity contribution >= 4 is 11.4 Å². The molecule has 0 saturated carbocycles. The van der Waals surface area contributed by atoms with Crippen molar-refractivity contribution in [2.75, 3.05) is 19.1 Å². The number of nitrogens with zero attached hydrogens (tertiary/aromatic N) is 1. The van der Waals surface area contributed by atoms with Gasteiger partial charge in [-0.3, -0.25) is 0 Å². The molecule has 0 atom stereocenters. The number of ether oxygens (including phenoxy) is 1. The second-order valence-corrected chi connectivity index (χ2v) is 4.13. The first-order valence-electron chi connectivity index (χ1n) is 5.94. The van der Waals surface area contributed by atoms with Gasteiger partial charge in [0.1, 0.15) is 11.6 Å². The molecule has 0 saturated heterocycles. The lowest BCUT2D eigenvalue weighted by molar-refractivity contribution is 0.276. The summed E-state index contributed by atoms with van der Waals surface area (Å²) in [5.74, 6) is 0.278. The Labute approximate surface area is 111 Å². The van der Waals surface area contributed by atoms with E-state index in [2.05, 4.69) is 0 Å². The molecule has 0 amide bonds. The predicted octanol–water partition coefficient (Wildman–Crippen LogP) is 3.09. The van der Waals surface area contributed by atoms with Gasteiger partial charge in [-0.1, -0.05) is 18.2 Å². The third kappa shape index (κ3) is 2.53. The first-order chi connectivity index (χ1) is 9.19. The lowest BCUT2D eigenvalue weighted by Crippen LogP contribution is -2.13. The molecule has 0 bridgehead atoms. The highest BCUT2D eigenvalue weighted by molar-refractivity contribution is 5.70. The number of halogens is 1. The Hall–Kier alpha value is -2.07. The van der Waals surface area contributed by atoms with E-state index in [0.717, 1.165) is 5.69 Å². The van der Waals surface area contributed by atoms with Crippen LogP contribution < -0.4 is 9.64 Å². The molecule has 0 spiro atoms. The second kappa shape index (κ2) is 5.71. The van der Waals surface area contributed by atoms with Crippen LogP contribution in [-0.2, 0) is 6.61 Å². The smallest absolute Gasteiger partial charge is 0.142 e. The third-order valence-corrected chi connectivity index (χ3v) is 3.06. The summed E-state index contributed by atoms with van der Waals surface area (Å²) in [4.78, 5) is 1.80. The van der Waals surface area contributed by atoms with E-state index in [9.17, 15) is 9.50 Å². The van der Waals surface area contributed by atoms with Crippen molar-refractivity contribution in [3.63, 3.8) is 0 Å². The SMILES string of the molecule is COc1ccccc1N(C)c1cccc(F)c1CO. The molecule has 0 radical (unpaired) electrons. The molecule has 1 N–H and O–H groups in total. The van der Waals surface area contributed by atoms with E-state index in [1.807, 2.05) is 31.3 Å². The molecule has 0 heterocycles. The lowest BCUT2D eigenvalue weighted by Gasteiger charge is -2.24. The average Bonchev–Trinajstić information content (AvgIpc) is 2.46. The minimum atomic E-state index is -0.415. The molecule has 3 nitrogen and oxygen atoms in total. The number of methoxy groups -OCH3 is 1. The maximum absolute atomic E-state index is 13.7. The summed E-state index contributed by atoms with van der Waals surface area (Å²) in [5.41, 5.74) is 1.70. The fourth-order valence-electron chi connectivity index (χ4n) is 2.05. The quantitative estimate of drug-likeness (QED) is 0.918. The minimum absolute atomic E-state index is 0.274.